The van der Waals surface area contributed by atoms with Crippen molar-refractivity contribution in [3.05, 3.63) is 27.8 Å². The van der Waals surface area contributed by atoms with E-state index in [2.05, 4.69) is 27.7 Å². The molecule has 0 aliphatic heterocycles. The van der Waals surface area contributed by atoms with E-state index in [0.717, 1.165) is 68.8 Å². The molecule has 21 heavy (non-hydrogen) atoms. The Morgan fingerprint density at radius 1 is 0.714 bits per heavy atom. The molecular weight excluding hydrogens is 260 g/mol. The van der Waals surface area contributed by atoms with Crippen LogP contribution in [0.2, 0.25) is 0 Å². The van der Waals surface area contributed by atoms with E-state index in [1.54, 1.807) is 0 Å². The van der Waals surface area contributed by atoms with Crippen LogP contribution in [-0.2, 0) is 25.7 Å². The molecule has 2 nitrogen and oxygen atoms in total. The maximum absolute atomic E-state index is 11.5. The predicted octanol–water partition coefficient (Wildman–Crippen LogP) is 5.01. The number of carbonyl (C=O) groups is 1. The summed E-state index contributed by atoms with van der Waals surface area (Å²) >= 11 is 0. The summed E-state index contributed by atoms with van der Waals surface area (Å²) in [6.07, 6.45) is 8.70. The van der Waals surface area contributed by atoms with Crippen molar-refractivity contribution in [2.45, 2.75) is 79.1 Å². The summed E-state index contributed by atoms with van der Waals surface area (Å²) in [4.78, 5) is 11.5. The molecule has 118 valence electrons. The first kappa shape index (κ1) is 17.7. The molecule has 1 N–H and O–H groups in total. The van der Waals surface area contributed by atoms with E-state index in [1.807, 2.05) is 0 Å². The molecule has 0 fully saturated rings. The van der Waals surface area contributed by atoms with Gasteiger partial charge in [-0.25, -0.2) is 0 Å². The number of rotatable bonds is 9. The Hall–Kier alpha value is -1.31. The standard InChI is InChI=1S/C19H30O2/c1-5-9-14-15(10-6-2)17(12-8-4)19(21)18(13-20)16(14)11-7-3/h13,21H,5-12H2,1-4H3. The highest BCUT2D eigenvalue weighted by Gasteiger charge is 2.21. The zero-order chi connectivity index (χ0) is 15.8. The average Bonchev–Trinajstić information content (AvgIpc) is 2.47. The van der Waals surface area contributed by atoms with Crippen LogP contribution in [0, 0.1) is 0 Å². The van der Waals surface area contributed by atoms with E-state index in [4.69, 9.17) is 0 Å². The lowest BCUT2D eigenvalue weighted by Crippen LogP contribution is -2.10. The van der Waals surface area contributed by atoms with E-state index >= 15 is 0 Å². The highest BCUT2D eigenvalue weighted by Crippen LogP contribution is 2.35. The van der Waals surface area contributed by atoms with E-state index in [1.165, 1.54) is 11.1 Å². The van der Waals surface area contributed by atoms with Gasteiger partial charge in [0.1, 0.15) is 5.75 Å². The molecule has 0 aliphatic carbocycles. The van der Waals surface area contributed by atoms with Crippen LogP contribution in [0.5, 0.6) is 5.75 Å². The Balaban J connectivity index is 3.65. The van der Waals surface area contributed by atoms with Crippen molar-refractivity contribution < 1.29 is 9.90 Å². The van der Waals surface area contributed by atoms with Crippen LogP contribution >= 0.6 is 0 Å². The van der Waals surface area contributed by atoms with Crippen molar-refractivity contribution in [2.24, 2.45) is 0 Å². The second-order valence-electron chi connectivity index (χ2n) is 5.79. The van der Waals surface area contributed by atoms with Crippen LogP contribution in [0.3, 0.4) is 0 Å². The topological polar surface area (TPSA) is 37.3 Å². The maximum Gasteiger partial charge on any atom is 0.154 e. The molecule has 0 atom stereocenters. The van der Waals surface area contributed by atoms with Crippen molar-refractivity contribution in [1.82, 2.24) is 0 Å². The Bertz CT molecular complexity index is 475. The van der Waals surface area contributed by atoms with Crippen LogP contribution < -0.4 is 0 Å². The number of aldehydes is 1. The molecule has 2 heteroatoms. The van der Waals surface area contributed by atoms with E-state index in [-0.39, 0.29) is 5.75 Å². The summed E-state index contributed by atoms with van der Waals surface area (Å²) in [6.45, 7) is 8.60. The number of benzene rings is 1. The molecule has 0 unspecified atom stereocenters. The molecule has 1 aromatic carbocycles. The first-order valence-corrected chi connectivity index (χ1v) is 8.49. The minimum absolute atomic E-state index is 0.249. The molecule has 0 saturated heterocycles. The Labute approximate surface area is 129 Å². The number of aromatic hydroxyl groups is 1. The van der Waals surface area contributed by atoms with Crippen LogP contribution in [0.4, 0.5) is 0 Å². The SMILES string of the molecule is CCCc1c(O)c(C=O)c(CCC)c(CCC)c1CCC. The van der Waals surface area contributed by atoms with Gasteiger partial charge < -0.3 is 5.11 Å². The third-order valence-corrected chi connectivity index (χ3v) is 4.08. The first-order chi connectivity index (χ1) is 10.2. The van der Waals surface area contributed by atoms with Gasteiger partial charge in [-0.3, -0.25) is 4.79 Å². The van der Waals surface area contributed by atoms with Gasteiger partial charge in [0.15, 0.2) is 6.29 Å². The largest absolute Gasteiger partial charge is 0.507 e. The summed E-state index contributed by atoms with van der Waals surface area (Å²) in [7, 11) is 0. The van der Waals surface area contributed by atoms with E-state index < -0.39 is 0 Å². The Kier molecular flexibility index (Phi) is 7.49. The Morgan fingerprint density at radius 2 is 1.10 bits per heavy atom. The van der Waals surface area contributed by atoms with Gasteiger partial charge in [0, 0.05) is 0 Å². The molecule has 1 aromatic rings. The number of hydrogen-bond donors (Lipinski definition) is 1. The summed E-state index contributed by atoms with van der Waals surface area (Å²) in [5.74, 6) is 0.249. The fraction of sp³-hybridized carbons (Fsp3) is 0.632. The van der Waals surface area contributed by atoms with Crippen molar-refractivity contribution in [3.8, 4) is 5.75 Å². The first-order valence-electron chi connectivity index (χ1n) is 8.49. The van der Waals surface area contributed by atoms with Gasteiger partial charge in [0.25, 0.3) is 0 Å². The normalized spacial score (nSPS) is 10.9. The predicted molar refractivity (Wildman–Crippen MR) is 89.5 cm³/mol. The van der Waals surface area contributed by atoms with Crippen LogP contribution in [0.1, 0.15) is 86.0 Å². The third kappa shape index (κ3) is 3.87. The minimum atomic E-state index is 0.249. The van der Waals surface area contributed by atoms with E-state index in [9.17, 15) is 9.90 Å². The summed E-state index contributed by atoms with van der Waals surface area (Å²) in [5.41, 5.74) is 5.31. The second-order valence-corrected chi connectivity index (χ2v) is 5.79. The number of phenolic OH excluding ortho intramolecular Hbond substituents is 1. The molecule has 0 bridgehead atoms. The van der Waals surface area contributed by atoms with Crippen molar-refractivity contribution in [1.29, 1.82) is 0 Å². The van der Waals surface area contributed by atoms with Crippen LogP contribution in [-0.4, -0.2) is 11.4 Å². The van der Waals surface area contributed by atoms with Crippen molar-refractivity contribution >= 4 is 6.29 Å². The van der Waals surface area contributed by atoms with Crippen LogP contribution in [0.15, 0.2) is 0 Å². The fourth-order valence-corrected chi connectivity index (χ4v) is 3.26. The van der Waals surface area contributed by atoms with Gasteiger partial charge in [-0.15, -0.1) is 0 Å². The van der Waals surface area contributed by atoms with E-state index in [0.29, 0.717) is 5.56 Å². The quantitative estimate of drug-likeness (QED) is 0.649. The number of phenols is 1. The van der Waals surface area contributed by atoms with Crippen molar-refractivity contribution in [3.63, 3.8) is 0 Å². The zero-order valence-corrected chi connectivity index (χ0v) is 14.1. The molecule has 0 heterocycles. The van der Waals surface area contributed by atoms with Gasteiger partial charge in [-0.2, -0.15) is 0 Å². The minimum Gasteiger partial charge on any atom is -0.507 e. The van der Waals surface area contributed by atoms with Gasteiger partial charge in [-0.1, -0.05) is 53.4 Å². The molecule has 0 saturated carbocycles. The molecule has 0 radical (unpaired) electrons. The summed E-state index contributed by atoms with van der Waals surface area (Å²) < 4.78 is 0. The second kappa shape index (κ2) is 8.86. The molecule has 0 aliphatic rings. The highest BCUT2D eigenvalue weighted by atomic mass is 16.3. The summed E-state index contributed by atoms with van der Waals surface area (Å²) in [6, 6.07) is 0. The lowest BCUT2D eigenvalue weighted by molar-refractivity contribution is 0.111. The van der Waals surface area contributed by atoms with Gasteiger partial charge >= 0.3 is 0 Å². The van der Waals surface area contributed by atoms with Gasteiger partial charge in [-0.05, 0) is 47.9 Å². The molecule has 0 amide bonds. The number of carbonyl (C=O) groups excluding carboxylic acids is 1. The fourth-order valence-electron chi connectivity index (χ4n) is 3.26. The van der Waals surface area contributed by atoms with Gasteiger partial charge in [0.05, 0.1) is 5.56 Å². The van der Waals surface area contributed by atoms with Gasteiger partial charge in [0.2, 0.25) is 0 Å². The third-order valence-electron chi connectivity index (χ3n) is 4.08. The monoisotopic (exact) mass is 290 g/mol. The molecule has 0 spiro atoms. The summed E-state index contributed by atoms with van der Waals surface area (Å²) in [5, 5.41) is 10.6. The van der Waals surface area contributed by atoms with Crippen molar-refractivity contribution in [2.75, 3.05) is 0 Å². The van der Waals surface area contributed by atoms with Crippen LogP contribution in [0.25, 0.3) is 0 Å². The zero-order valence-electron chi connectivity index (χ0n) is 14.1. The lowest BCUT2D eigenvalue weighted by atomic mass is 9.83. The smallest absolute Gasteiger partial charge is 0.154 e. The lowest BCUT2D eigenvalue weighted by Gasteiger charge is -2.22. The maximum atomic E-state index is 11.5. The average molecular weight is 290 g/mol. The number of hydrogen-bond acceptors (Lipinski definition) is 2. The molecular formula is C19H30O2. The highest BCUT2D eigenvalue weighted by molar-refractivity contribution is 5.84. The molecule has 0 aromatic heterocycles. The molecule has 1 rings (SSSR count). The Morgan fingerprint density at radius 3 is 1.52 bits per heavy atom.